The molecule has 0 amide bonds. The minimum Gasteiger partial charge on any atom is -0.481 e. The van der Waals surface area contributed by atoms with Crippen LogP contribution in [0.1, 0.15) is 16.1 Å². The molecule has 1 heterocycles. The number of rotatable bonds is 2. The second-order valence-corrected chi connectivity index (χ2v) is 4.52. The van der Waals surface area contributed by atoms with E-state index in [1.165, 1.54) is 0 Å². The van der Waals surface area contributed by atoms with Crippen LogP contribution in [0.5, 0.6) is 0 Å². The molecule has 1 aromatic carbocycles. The van der Waals surface area contributed by atoms with Crippen molar-refractivity contribution in [2.45, 2.75) is 6.42 Å². The molecule has 0 bridgehead atoms. The summed E-state index contributed by atoms with van der Waals surface area (Å²) in [7, 11) is 0. The predicted molar refractivity (Wildman–Crippen MR) is 68.8 cm³/mol. The molecule has 0 saturated carbocycles. The molecule has 1 N–H and O–H groups in total. The van der Waals surface area contributed by atoms with Crippen molar-refractivity contribution in [1.29, 1.82) is 0 Å². The van der Waals surface area contributed by atoms with Gasteiger partial charge in [-0.3, -0.25) is 14.6 Å². The zero-order chi connectivity index (χ0) is 13.4. The maximum Gasteiger partial charge on any atom is 0.314 e. The van der Waals surface area contributed by atoms with Gasteiger partial charge in [-0.15, -0.1) is 0 Å². The molecule has 1 aromatic heterocycles. The molecule has 0 spiro atoms. The SMILES string of the molecule is O=C(O)C1Cc2nc(-c3ccccc3)ccc2C1=O. The number of nitrogens with zero attached hydrogens (tertiary/aromatic N) is 1. The zero-order valence-electron chi connectivity index (χ0n) is 10.0. The van der Waals surface area contributed by atoms with E-state index in [9.17, 15) is 9.59 Å². The Hall–Kier alpha value is -2.49. The third kappa shape index (κ3) is 1.91. The van der Waals surface area contributed by atoms with Crippen molar-refractivity contribution in [3.63, 3.8) is 0 Å². The Morgan fingerprint density at radius 2 is 1.89 bits per heavy atom. The lowest BCUT2D eigenvalue weighted by Crippen LogP contribution is -2.19. The summed E-state index contributed by atoms with van der Waals surface area (Å²) in [6, 6.07) is 13.0. The Balaban J connectivity index is 2.02. The highest BCUT2D eigenvalue weighted by molar-refractivity contribution is 6.11. The standard InChI is InChI=1S/C15H11NO3/c17-14-10-6-7-12(9-4-2-1-3-5-9)16-13(10)8-11(14)15(18)19/h1-7,11H,8H2,(H,18,19). The number of hydrogen-bond acceptors (Lipinski definition) is 3. The molecule has 94 valence electrons. The van der Waals surface area contributed by atoms with Crippen LogP contribution >= 0.6 is 0 Å². The smallest absolute Gasteiger partial charge is 0.314 e. The Morgan fingerprint density at radius 3 is 2.58 bits per heavy atom. The minimum absolute atomic E-state index is 0.185. The van der Waals surface area contributed by atoms with E-state index in [0.29, 0.717) is 11.3 Å². The van der Waals surface area contributed by atoms with Crippen LogP contribution in [-0.4, -0.2) is 21.8 Å². The number of carbonyl (C=O) groups is 2. The van der Waals surface area contributed by atoms with Crippen molar-refractivity contribution >= 4 is 11.8 Å². The Bertz CT molecular complexity index is 664. The van der Waals surface area contributed by atoms with Gasteiger partial charge in [-0.25, -0.2) is 0 Å². The van der Waals surface area contributed by atoms with Crippen LogP contribution < -0.4 is 0 Å². The van der Waals surface area contributed by atoms with E-state index in [1.807, 2.05) is 30.3 Å². The van der Waals surface area contributed by atoms with Crippen molar-refractivity contribution < 1.29 is 14.7 Å². The molecule has 4 heteroatoms. The molecule has 0 fully saturated rings. The number of benzene rings is 1. The summed E-state index contributed by atoms with van der Waals surface area (Å²) in [6.07, 6.45) is 0.185. The molecule has 19 heavy (non-hydrogen) atoms. The topological polar surface area (TPSA) is 67.3 Å². The average Bonchev–Trinajstić information content (AvgIpc) is 2.77. The number of ketones is 1. The summed E-state index contributed by atoms with van der Waals surface area (Å²) in [5.41, 5.74) is 2.74. The van der Waals surface area contributed by atoms with E-state index in [4.69, 9.17) is 5.11 Å². The molecule has 1 aliphatic carbocycles. The maximum absolute atomic E-state index is 11.9. The first-order valence-corrected chi connectivity index (χ1v) is 5.99. The molecule has 4 nitrogen and oxygen atoms in total. The number of pyridine rings is 1. The normalized spacial score (nSPS) is 17.3. The highest BCUT2D eigenvalue weighted by atomic mass is 16.4. The average molecular weight is 253 g/mol. The van der Waals surface area contributed by atoms with Crippen LogP contribution in [0.15, 0.2) is 42.5 Å². The Morgan fingerprint density at radius 1 is 1.16 bits per heavy atom. The summed E-state index contributed by atoms with van der Waals surface area (Å²) in [5.74, 6) is -2.40. The van der Waals surface area contributed by atoms with Crippen molar-refractivity contribution in [1.82, 2.24) is 4.98 Å². The van der Waals surface area contributed by atoms with Crippen molar-refractivity contribution in [2.75, 3.05) is 0 Å². The van der Waals surface area contributed by atoms with Gasteiger partial charge in [-0.1, -0.05) is 30.3 Å². The fourth-order valence-corrected chi connectivity index (χ4v) is 2.32. The van der Waals surface area contributed by atoms with Crippen molar-refractivity contribution in [3.05, 3.63) is 53.7 Å². The molecule has 1 unspecified atom stereocenters. The minimum atomic E-state index is -1.08. The first kappa shape index (κ1) is 11.6. The zero-order valence-corrected chi connectivity index (χ0v) is 10.0. The van der Waals surface area contributed by atoms with Gasteiger partial charge in [0, 0.05) is 17.5 Å². The molecule has 1 atom stereocenters. The van der Waals surface area contributed by atoms with Gasteiger partial charge in [-0.05, 0) is 12.1 Å². The molecule has 0 saturated heterocycles. The number of carboxylic acid groups (broad SMARTS) is 1. The molecular formula is C15H11NO3. The molecular weight excluding hydrogens is 242 g/mol. The second-order valence-electron chi connectivity index (χ2n) is 4.52. The van der Waals surface area contributed by atoms with Gasteiger partial charge in [-0.2, -0.15) is 0 Å². The van der Waals surface area contributed by atoms with E-state index in [0.717, 1.165) is 11.3 Å². The third-order valence-electron chi connectivity index (χ3n) is 3.32. The lowest BCUT2D eigenvalue weighted by atomic mass is 10.1. The summed E-state index contributed by atoms with van der Waals surface area (Å²) in [6.45, 7) is 0. The lowest BCUT2D eigenvalue weighted by molar-refractivity contribution is -0.139. The van der Waals surface area contributed by atoms with Crippen LogP contribution in [-0.2, 0) is 11.2 Å². The molecule has 0 radical (unpaired) electrons. The van der Waals surface area contributed by atoms with Gasteiger partial charge in [0.05, 0.1) is 11.4 Å². The number of Topliss-reactive ketones (excluding diaryl/α,β-unsaturated/α-hetero) is 1. The van der Waals surface area contributed by atoms with Crippen LogP contribution in [0, 0.1) is 5.92 Å². The highest BCUT2D eigenvalue weighted by Gasteiger charge is 2.36. The number of aromatic nitrogens is 1. The first-order chi connectivity index (χ1) is 9.16. The quantitative estimate of drug-likeness (QED) is 0.833. The van der Waals surface area contributed by atoms with Crippen LogP contribution in [0.2, 0.25) is 0 Å². The number of carboxylic acids is 1. The van der Waals surface area contributed by atoms with Crippen LogP contribution in [0.25, 0.3) is 11.3 Å². The lowest BCUT2D eigenvalue weighted by Gasteiger charge is -2.02. The summed E-state index contributed by atoms with van der Waals surface area (Å²) < 4.78 is 0. The fourth-order valence-electron chi connectivity index (χ4n) is 2.32. The van der Waals surface area contributed by atoms with E-state index in [-0.39, 0.29) is 12.2 Å². The highest BCUT2D eigenvalue weighted by Crippen LogP contribution is 2.28. The van der Waals surface area contributed by atoms with Gasteiger partial charge in [0.25, 0.3) is 0 Å². The van der Waals surface area contributed by atoms with E-state index < -0.39 is 11.9 Å². The second kappa shape index (κ2) is 4.31. The number of aliphatic carboxylic acids is 1. The van der Waals surface area contributed by atoms with Crippen LogP contribution in [0.4, 0.5) is 0 Å². The van der Waals surface area contributed by atoms with Gasteiger partial charge in [0.2, 0.25) is 0 Å². The van der Waals surface area contributed by atoms with Crippen molar-refractivity contribution in [2.24, 2.45) is 5.92 Å². The predicted octanol–water partition coefficient (Wildman–Crippen LogP) is 2.19. The maximum atomic E-state index is 11.9. The largest absolute Gasteiger partial charge is 0.481 e. The monoisotopic (exact) mass is 253 g/mol. The van der Waals surface area contributed by atoms with E-state index in [2.05, 4.69) is 4.98 Å². The molecule has 1 aliphatic rings. The van der Waals surface area contributed by atoms with Crippen molar-refractivity contribution in [3.8, 4) is 11.3 Å². The Kier molecular flexibility index (Phi) is 2.63. The summed E-state index contributed by atoms with van der Waals surface area (Å²) in [5, 5.41) is 8.99. The first-order valence-electron chi connectivity index (χ1n) is 5.99. The fraction of sp³-hybridized carbons (Fsp3) is 0.133. The molecule has 3 rings (SSSR count). The van der Waals surface area contributed by atoms with Gasteiger partial charge < -0.3 is 5.11 Å². The number of hydrogen-bond donors (Lipinski definition) is 1. The Labute approximate surface area is 109 Å². The van der Waals surface area contributed by atoms with Gasteiger partial charge >= 0.3 is 5.97 Å². The van der Waals surface area contributed by atoms with E-state index >= 15 is 0 Å². The summed E-state index contributed by atoms with van der Waals surface area (Å²) in [4.78, 5) is 27.3. The van der Waals surface area contributed by atoms with Gasteiger partial charge in [0.1, 0.15) is 5.92 Å². The molecule has 2 aromatic rings. The van der Waals surface area contributed by atoms with E-state index in [1.54, 1.807) is 12.1 Å². The van der Waals surface area contributed by atoms with Crippen LogP contribution in [0.3, 0.4) is 0 Å². The third-order valence-corrected chi connectivity index (χ3v) is 3.32. The summed E-state index contributed by atoms with van der Waals surface area (Å²) >= 11 is 0. The molecule has 0 aliphatic heterocycles. The number of carbonyl (C=O) groups excluding carboxylic acids is 1. The van der Waals surface area contributed by atoms with Gasteiger partial charge in [0.15, 0.2) is 5.78 Å². The number of fused-ring (bicyclic) bond motifs is 1.